The van der Waals surface area contributed by atoms with E-state index in [0.29, 0.717) is 6.04 Å². The van der Waals surface area contributed by atoms with E-state index in [4.69, 9.17) is 4.74 Å². The molecule has 0 aliphatic carbocycles. The predicted molar refractivity (Wildman–Crippen MR) is 65.3 cm³/mol. The maximum absolute atomic E-state index is 11.4. The van der Waals surface area contributed by atoms with Crippen molar-refractivity contribution < 1.29 is 9.53 Å². The Bertz CT molecular complexity index is 218. The molecule has 3 atom stereocenters. The van der Waals surface area contributed by atoms with Crippen LogP contribution in [0.3, 0.4) is 0 Å². The quantitative estimate of drug-likeness (QED) is 0.679. The fourth-order valence-electron chi connectivity index (χ4n) is 2.47. The Morgan fingerprint density at radius 2 is 2.25 bits per heavy atom. The number of rotatable bonds is 7. The number of nitrogens with one attached hydrogen (secondary N) is 1. The molecule has 0 saturated carbocycles. The lowest BCUT2D eigenvalue weighted by Gasteiger charge is -2.15. The van der Waals surface area contributed by atoms with Crippen LogP contribution in [-0.4, -0.2) is 25.2 Å². The van der Waals surface area contributed by atoms with Gasteiger partial charge in [0.1, 0.15) is 0 Å². The van der Waals surface area contributed by atoms with Crippen molar-refractivity contribution in [3.63, 3.8) is 0 Å². The van der Waals surface area contributed by atoms with Crippen LogP contribution in [0.1, 0.15) is 52.4 Å². The second-order valence-corrected chi connectivity index (χ2v) is 4.89. The molecule has 1 heterocycles. The minimum Gasteiger partial charge on any atom is -0.462 e. The summed E-state index contributed by atoms with van der Waals surface area (Å²) in [7, 11) is 2.02. The zero-order valence-electron chi connectivity index (χ0n) is 10.8. The summed E-state index contributed by atoms with van der Waals surface area (Å²) in [4.78, 5) is 11.4. The van der Waals surface area contributed by atoms with Crippen molar-refractivity contribution in [1.82, 2.24) is 5.32 Å². The molecule has 1 saturated heterocycles. The normalized spacial score (nSPS) is 26.8. The van der Waals surface area contributed by atoms with Gasteiger partial charge >= 0.3 is 5.97 Å². The van der Waals surface area contributed by atoms with Gasteiger partial charge in [-0.15, -0.1) is 0 Å². The summed E-state index contributed by atoms with van der Waals surface area (Å²) in [6, 6.07) is 0.611. The third-order valence-corrected chi connectivity index (χ3v) is 3.42. The molecule has 0 amide bonds. The van der Waals surface area contributed by atoms with Gasteiger partial charge in [-0.2, -0.15) is 0 Å². The fraction of sp³-hybridized carbons (Fsp3) is 0.923. The van der Waals surface area contributed by atoms with Crippen molar-refractivity contribution in [2.45, 2.75) is 64.5 Å². The highest BCUT2D eigenvalue weighted by Crippen LogP contribution is 2.25. The van der Waals surface area contributed by atoms with Gasteiger partial charge < -0.3 is 10.1 Å². The number of cyclic esters (lactones) is 1. The Labute approximate surface area is 98.9 Å². The van der Waals surface area contributed by atoms with E-state index in [1.165, 1.54) is 19.3 Å². The number of hydrogen-bond acceptors (Lipinski definition) is 3. The molecule has 1 fully saturated rings. The number of carbonyl (C=O) groups is 1. The third kappa shape index (κ3) is 4.12. The molecule has 0 aromatic rings. The van der Waals surface area contributed by atoms with Crippen LogP contribution in [0.5, 0.6) is 0 Å². The molecule has 0 aromatic carbocycles. The maximum Gasteiger partial charge on any atom is 0.309 e. The molecular weight excluding hydrogens is 202 g/mol. The molecule has 3 nitrogen and oxygen atoms in total. The van der Waals surface area contributed by atoms with E-state index in [1.807, 2.05) is 14.0 Å². The van der Waals surface area contributed by atoms with Crippen LogP contribution < -0.4 is 5.32 Å². The van der Waals surface area contributed by atoms with Gasteiger partial charge in [0.2, 0.25) is 0 Å². The van der Waals surface area contributed by atoms with Gasteiger partial charge in [0, 0.05) is 6.04 Å². The Hall–Kier alpha value is -0.570. The SMILES string of the molecule is CCC[C@H](CCC[C@@H]1C[C@@H](C)OC1=O)NC. The average Bonchev–Trinajstić information content (AvgIpc) is 2.56. The molecule has 0 unspecified atom stereocenters. The summed E-state index contributed by atoms with van der Waals surface area (Å²) in [5.41, 5.74) is 0. The first-order valence-electron chi connectivity index (χ1n) is 6.55. The number of carbonyl (C=O) groups excluding carboxylic acids is 1. The second kappa shape index (κ2) is 6.89. The van der Waals surface area contributed by atoms with Crippen molar-refractivity contribution in [1.29, 1.82) is 0 Å². The number of hydrogen-bond donors (Lipinski definition) is 1. The van der Waals surface area contributed by atoms with Crippen LogP contribution >= 0.6 is 0 Å². The van der Waals surface area contributed by atoms with E-state index < -0.39 is 0 Å². The van der Waals surface area contributed by atoms with E-state index >= 15 is 0 Å². The summed E-state index contributed by atoms with van der Waals surface area (Å²) in [6.07, 6.45) is 6.77. The van der Waals surface area contributed by atoms with Gasteiger partial charge in [-0.3, -0.25) is 4.79 Å². The van der Waals surface area contributed by atoms with Crippen molar-refractivity contribution in [2.24, 2.45) is 5.92 Å². The standard InChI is InChI=1S/C13H25NO2/c1-4-6-12(14-3)8-5-7-11-9-10(2)16-13(11)15/h10-12,14H,4-9H2,1-3H3/t10-,11-,12-/m1/s1. The Kier molecular flexibility index (Phi) is 5.81. The highest BCUT2D eigenvalue weighted by Gasteiger charge is 2.31. The third-order valence-electron chi connectivity index (χ3n) is 3.42. The van der Waals surface area contributed by atoms with Crippen LogP contribution in [-0.2, 0) is 9.53 Å². The smallest absolute Gasteiger partial charge is 0.309 e. The van der Waals surface area contributed by atoms with Crippen LogP contribution in [0.2, 0.25) is 0 Å². The molecule has 0 aromatic heterocycles. The molecule has 1 N–H and O–H groups in total. The predicted octanol–water partition coefficient (Wildman–Crippen LogP) is 2.50. The zero-order valence-corrected chi connectivity index (χ0v) is 10.8. The second-order valence-electron chi connectivity index (χ2n) is 4.89. The van der Waals surface area contributed by atoms with E-state index in [-0.39, 0.29) is 18.0 Å². The lowest BCUT2D eigenvalue weighted by atomic mass is 9.96. The van der Waals surface area contributed by atoms with E-state index in [9.17, 15) is 4.79 Å². The van der Waals surface area contributed by atoms with Gasteiger partial charge in [0.05, 0.1) is 12.0 Å². The van der Waals surface area contributed by atoms with E-state index in [0.717, 1.165) is 19.3 Å². The van der Waals surface area contributed by atoms with Gasteiger partial charge in [0.25, 0.3) is 0 Å². The molecular formula is C13H25NO2. The van der Waals surface area contributed by atoms with Gasteiger partial charge in [-0.1, -0.05) is 19.8 Å². The van der Waals surface area contributed by atoms with Gasteiger partial charge in [-0.25, -0.2) is 0 Å². The number of esters is 1. The van der Waals surface area contributed by atoms with Crippen LogP contribution in [0, 0.1) is 5.92 Å². The highest BCUT2D eigenvalue weighted by molar-refractivity contribution is 5.74. The topological polar surface area (TPSA) is 38.3 Å². The first-order valence-corrected chi connectivity index (χ1v) is 6.55. The molecule has 3 heteroatoms. The van der Waals surface area contributed by atoms with E-state index in [1.54, 1.807) is 0 Å². The van der Waals surface area contributed by atoms with E-state index in [2.05, 4.69) is 12.2 Å². The lowest BCUT2D eigenvalue weighted by Crippen LogP contribution is -2.25. The zero-order chi connectivity index (χ0) is 12.0. The Morgan fingerprint density at radius 3 is 2.75 bits per heavy atom. The summed E-state index contributed by atoms with van der Waals surface area (Å²) < 4.78 is 5.15. The van der Waals surface area contributed by atoms with Gasteiger partial charge in [0.15, 0.2) is 0 Å². The first-order chi connectivity index (χ1) is 7.67. The molecule has 0 spiro atoms. The Balaban J connectivity index is 2.17. The van der Waals surface area contributed by atoms with Crippen LogP contribution in [0.4, 0.5) is 0 Å². The van der Waals surface area contributed by atoms with Crippen molar-refractivity contribution in [3.8, 4) is 0 Å². The van der Waals surface area contributed by atoms with Crippen LogP contribution in [0.25, 0.3) is 0 Å². The molecule has 0 bridgehead atoms. The van der Waals surface area contributed by atoms with Gasteiger partial charge in [-0.05, 0) is 39.7 Å². The minimum atomic E-state index is 0.0176. The monoisotopic (exact) mass is 227 g/mol. The summed E-state index contributed by atoms with van der Waals surface area (Å²) in [5.74, 6) is 0.179. The fourth-order valence-corrected chi connectivity index (χ4v) is 2.47. The van der Waals surface area contributed by atoms with Crippen molar-refractivity contribution in [3.05, 3.63) is 0 Å². The lowest BCUT2D eigenvalue weighted by molar-refractivity contribution is -0.143. The molecule has 1 aliphatic rings. The largest absolute Gasteiger partial charge is 0.462 e. The molecule has 1 aliphatic heterocycles. The molecule has 94 valence electrons. The molecule has 16 heavy (non-hydrogen) atoms. The maximum atomic E-state index is 11.4. The van der Waals surface area contributed by atoms with Crippen molar-refractivity contribution >= 4 is 5.97 Å². The average molecular weight is 227 g/mol. The van der Waals surface area contributed by atoms with Crippen LogP contribution in [0.15, 0.2) is 0 Å². The summed E-state index contributed by atoms with van der Waals surface area (Å²) in [5, 5.41) is 3.33. The molecule has 1 rings (SSSR count). The highest BCUT2D eigenvalue weighted by atomic mass is 16.5. The summed E-state index contributed by atoms with van der Waals surface area (Å²) >= 11 is 0. The Morgan fingerprint density at radius 1 is 1.50 bits per heavy atom. The molecule has 0 radical (unpaired) electrons. The summed E-state index contributed by atoms with van der Waals surface area (Å²) in [6.45, 7) is 4.19. The minimum absolute atomic E-state index is 0.0176. The van der Waals surface area contributed by atoms with Crippen molar-refractivity contribution in [2.75, 3.05) is 7.05 Å². The number of ether oxygens (including phenoxy) is 1. The first kappa shape index (κ1) is 13.5.